The fraction of sp³-hybridized carbons (Fsp3) is 0.273. The summed E-state index contributed by atoms with van der Waals surface area (Å²) in [6.45, 7) is 8.69. The Morgan fingerprint density at radius 3 is 2.76 bits per heavy atom. The molecule has 1 rings (SSSR count). The van der Waals surface area contributed by atoms with Gasteiger partial charge in [0.1, 0.15) is 5.56 Å². The van der Waals surface area contributed by atoms with Gasteiger partial charge in [-0.15, -0.1) is 0 Å². The Balaban J connectivity index is 3.17. The van der Waals surface area contributed by atoms with Crippen LogP contribution in [0.2, 0.25) is 0 Å². The molecule has 0 aliphatic carbocycles. The van der Waals surface area contributed by atoms with Gasteiger partial charge in [-0.05, 0) is 13.0 Å². The van der Waals surface area contributed by atoms with E-state index >= 15 is 0 Å². The minimum atomic E-state index is -1.28. The summed E-state index contributed by atoms with van der Waals surface area (Å²) in [6, 6.07) is 4.38. The van der Waals surface area contributed by atoms with Gasteiger partial charge in [-0.25, -0.2) is 11.4 Å². The van der Waals surface area contributed by atoms with Crippen LogP contribution in [0.1, 0.15) is 18.5 Å². The number of esters is 1. The van der Waals surface area contributed by atoms with Gasteiger partial charge in [0.05, 0.1) is 11.5 Å². The van der Waals surface area contributed by atoms with Gasteiger partial charge in [-0.2, -0.15) is 0 Å². The van der Waals surface area contributed by atoms with Crippen LogP contribution in [0.3, 0.4) is 0 Å². The van der Waals surface area contributed by atoms with Gasteiger partial charge < -0.3 is 4.74 Å². The topological polar surface area (TPSA) is 73.8 Å². The van der Waals surface area contributed by atoms with Crippen LogP contribution in [-0.2, 0) is 9.53 Å². The number of benzene rings is 1. The summed E-state index contributed by atoms with van der Waals surface area (Å²) < 4.78 is 4.71. The third-order valence-corrected chi connectivity index (χ3v) is 2.07. The lowest BCUT2D eigenvalue weighted by Gasteiger charge is -2.05. The molecule has 0 fully saturated rings. The van der Waals surface area contributed by atoms with Gasteiger partial charge in [-0.3, -0.25) is 15.0 Å². The Kier molecular flexibility index (Phi) is 4.17. The van der Waals surface area contributed by atoms with Gasteiger partial charge >= 0.3 is 12.0 Å². The molecule has 0 aromatic heterocycles. The minimum absolute atomic E-state index is 0.0611. The quantitative estimate of drug-likeness (QED) is 0.346. The van der Waals surface area contributed by atoms with Crippen LogP contribution in [0.4, 0.5) is 5.69 Å². The molecule has 6 nitrogen and oxygen atoms in total. The monoisotopic (exact) mass is 234 g/mol. The molecule has 0 saturated heterocycles. The molecule has 0 aliphatic heterocycles. The summed E-state index contributed by atoms with van der Waals surface area (Å²) in [5.74, 6) is -0.767. The summed E-state index contributed by atoms with van der Waals surface area (Å²) in [7, 11) is 0. The fourth-order valence-corrected chi connectivity index (χ4v) is 1.36. The first kappa shape index (κ1) is 12.6. The molecule has 88 valence electrons. The lowest BCUT2D eigenvalue weighted by atomic mass is 10.1. The number of carbonyl (C=O) groups is 1. The van der Waals surface area contributed by atoms with Crippen molar-refractivity contribution in [1.82, 2.24) is 0 Å². The molecule has 0 amide bonds. The standard InChI is InChI=1S/C11H10N2O4/c1-3-17-11(14)10(12-2)8-6-4-5-7-9(8)13(15)16/h4-7,10H,3H2,1H3. The third kappa shape index (κ3) is 2.78. The Bertz CT molecular complexity index is 479. The maximum atomic E-state index is 11.5. The molecule has 1 atom stereocenters. The number of para-hydroxylation sites is 1. The van der Waals surface area contributed by atoms with E-state index in [9.17, 15) is 14.9 Å². The lowest BCUT2D eigenvalue weighted by molar-refractivity contribution is -0.385. The number of hydrogen-bond donors (Lipinski definition) is 0. The van der Waals surface area contributed by atoms with Crippen LogP contribution >= 0.6 is 0 Å². The van der Waals surface area contributed by atoms with Crippen LogP contribution < -0.4 is 0 Å². The molecule has 1 aromatic carbocycles. The van der Waals surface area contributed by atoms with Crippen LogP contribution in [-0.4, -0.2) is 17.5 Å². The summed E-state index contributed by atoms with van der Waals surface area (Å²) in [4.78, 5) is 24.7. The van der Waals surface area contributed by atoms with Gasteiger partial charge in [0, 0.05) is 6.07 Å². The van der Waals surface area contributed by atoms with Crippen LogP contribution in [0.25, 0.3) is 4.85 Å². The number of nitrogens with zero attached hydrogens (tertiary/aromatic N) is 2. The van der Waals surface area contributed by atoms with E-state index in [4.69, 9.17) is 11.3 Å². The molecule has 1 aromatic rings. The highest BCUT2D eigenvalue weighted by Gasteiger charge is 2.33. The molecule has 6 heteroatoms. The van der Waals surface area contributed by atoms with Crippen molar-refractivity contribution in [2.24, 2.45) is 0 Å². The predicted octanol–water partition coefficient (Wildman–Crippen LogP) is 2.12. The smallest absolute Gasteiger partial charge is 0.395 e. The van der Waals surface area contributed by atoms with E-state index in [0.29, 0.717) is 0 Å². The number of nitro groups is 1. The van der Waals surface area contributed by atoms with E-state index in [1.54, 1.807) is 13.0 Å². The molecule has 0 N–H and O–H groups in total. The van der Waals surface area contributed by atoms with Crippen molar-refractivity contribution < 1.29 is 14.5 Å². The molecule has 0 aliphatic rings. The Morgan fingerprint density at radius 1 is 1.59 bits per heavy atom. The molecule has 0 spiro atoms. The molecular formula is C11H10N2O4. The molecule has 1 unspecified atom stereocenters. The van der Waals surface area contributed by atoms with Gasteiger partial charge in [0.25, 0.3) is 5.69 Å². The van der Waals surface area contributed by atoms with Gasteiger partial charge in [-0.1, -0.05) is 12.1 Å². The Labute approximate surface area is 97.8 Å². The molecule has 0 saturated carbocycles. The second kappa shape index (κ2) is 5.61. The molecule has 0 heterocycles. The fourth-order valence-electron chi connectivity index (χ4n) is 1.36. The zero-order valence-electron chi connectivity index (χ0n) is 9.12. The maximum Gasteiger partial charge on any atom is 0.395 e. The highest BCUT2D eigenvalue weighted by atomic mass is 16.6. The Hall–Kier alpha value is -2.42. The first-order valence-electron chi connectivity index (χ1n) is 4.88. The van der Waals surface area contributed by atoms with E-state index in [1.165, 1.54) is 18.2 Å². The second-order valence-electron chi connectivity index (χ2n) is 3.10. The second-order valence-corrected chi connectivity index (χ2v) is 3.10. The third-order valence-electron chi connectivity index (χ3n) is 2.07. The van der Waals surface area contributed by atoms with Crippen molar-refractivity contribution >= 4 is 11.7 Å². The number of ether oxygens (including phenoxy) is 1. The summed E-state index contributed by atoms with van der Waals surface area (Å²) in [5, 5.41) is 10.8. The highest BCUT2D eigenvalue weighted by Crippen LogP contribution is 2.28. The van der Waals surface area contributed by atoms with Crippen molar-refractivity contribution in [3.05, 3.63) is 51.4 Å². The van der Waals surface area contributed by atoms with Gasteiger partial charge in [0.15, 0.2) is 0 Å². The zero-order valence-corrected chi connectivity index (χ0v) is 9.12. The van der Waals surface area contributed by atoms with E-state index in [0.717, 1.165) is 0 Å². The largest absolute Gasteiger partial charge is 0.460 e. The van der Waals surface area contributed by atoms with E-state index in [-0.39, 0.29) is 17.9 Å². The first-order valence-corrected chi connectivity index (χ1v) is 4.88. The summed E-state index contributed by atoms with van der Waals surface area (Å²) in [5.41, 5.74) is -0.187. The Morgan fingerprint density at radius 2 is 2.24 bits per heavy atom. The first-order chi connectivity index (χ1) is 8.11. The maximum absolute atomic E-state index is 11.5. The number of nitro benzene ring substituents is 1. The van der Waals surface area contributed by atoms with Crippen LogP contribution in [0.5, 0.6) is 0 Å². The molecule has 0 bridgehead atoms. The molecule has 0 radical (unpaired) electrons. The molecule has 17 heavy (non-hydrogen) atoms. The number of carbonyl (C=O) groups excluding carboxylic acids is 1. The van der Waals surface area contributed by atoms with E-state index in [2.05, 4.69) is 4.85 Å². The lowest BCUT2D eigenvalue weighted by Crippen LogP contribution is -2.14. The number of rotatable bonds is 4. The SMILES string of the molecule is [C-]#[N+]C(C(=O)OCC)c1ccccc1[N+](=O)[O-]. The number of hydrogen-bond acceptors (Lipinski definition) is 4. The predicted molar refractivity (Wildman–Crippen MR) is 59.1 cm³/mol. The average molecular weight is 234 g/mol. The average Bonchev–Trinajstić information content (AvgIpc) is 2.31. The van der Waals surface area contributed by atoms with Crippen molar-refractivity contribution in [2.45, 2.75) is 13.0 Å². The highest BCUT2D eigenvalue weighted by molar-refractivity contribution is 5.81. The van der Waals surface area contributed by atoms with Crippen molar-refractivity contribution in [3.63, 3.8) is 0 Å². The van der Waals surface area contributed by atoms with Crippen molar-refractivity contribution in [2.75, 3.05) is 6.61 Å². The van der Waals surface area contributed by atoms with Crippen LogP contribution in [0.15, 0.2) is 24.3 Å². The minimum Gasteiger partial charge on any atom is -0.460 e. The normalized spacial score (nSPS) is 11.3. The van der Waals surface area contributed by atoms with Crippen LogP contribution in [0, 0.1) is 16.7 Å². The zero-order chi connectivity index (χ0) is 12.8. The van der Waals surface area contributed by atoms with Crippen molar-refractivity contribution in [1.29, 1.82) is 0 Å². The molecular weight excluding hydrogens is 224 g/mol. The van der Waals surface area contributed by atoms with E-state index < -0.39 is 16.9 Å². The van der Waals surface area contributed by atoms with E-state index in [1.807, 2.05) is 0 Å². The summed E-state index contributed by atoms with van der Waals surface area (Å²) >= 11 is 0. The van der Waals surface area contributed by atoms with Gasteiger partial charge in [0.2, 0.25) is 0 Å². The summed E-state index contributed by atoms with van der Waals surface area (Å²) in [6.07, 6.45) is 0. The van der Waals surface area contributed by atoms with Crippen molar-refractivity contribution in [3.8, 4) is 0 Å².